The first-order valence-corrected chi connectivity index (χ1v) is 16.7. The van der Waals surface area contributed by atoms with Gasteiger partial charge in [-0.25, -0.2) is 0 Å². The Morgan fingerprint density at radius 2 is 1.35 bits per heavy atom. The van der Waals surface area contributed by atoms with E-state index in [4.69, 9.17) is 13.6 Å². The van der Waals surface area contributed by atoms with Crippen LogP contribution in [0.15, 0.2) is 24.3 Å². The van der Waals surface area contributed by atoms with Crippen molar-refractivity contribution >= 4 is 16.6 Å². The van der Waals surface area contributed by atoms with Gasteiger partial charge in [-0.2, -0.15) is 13.2 Å². The first kappa shape index (κ1) is 28.2. The molecular weight excluding hydrogens is 437 g/mol. The zero-order valence-electron chi connectivity index (χ0n) is 20.9. The van der Waals surface area contributed by atoms with Crippen molar-refractivity contribution in [1.82, 2.24) is 0 Å². The fourth-order valence-electron chi connectivity index (χ4n) is 2.29. The molecule has 0 spiro atoms. The summed E-state index contributed by atoms with van der Waals surface area (Å²) < 4.78 is 57.9. The van der Waals surface area contributed by atoms with Crippen LogP contribution in [0.5, 0.6) is 5.75 Å². The highest BCUT2D eigenvalue weighted by atomic mass is 28.4. The Balaban J connectivity index is 2.95. The van der Waals surface area contributed by atoms with E-state index in [9.17, 15) is 13.2 Å². The van der Waals surface area contributed by atoms with E-state index in [1.165, 1.54) is 6.07 Å². The molecule has 0 N–H and O–H groups in total. The van der Waals surface area contributed by atoms with Gasteiger partial charge in [0.15, 0.2) is 16.6 Å². The SMILES string of the molecule is CC(C)(C)[Si](C)(C)OCCC(CO[Si](C)(C)C(C)(C)C)Oc1cccc(C(F)(F)F)c1. The molecule has 1 aromatic carbocycles. The van der Waals surface area contributed by atoms with E-state index in [-0.39, 0.29) is 21.9 Å². The van der Waals surface area contributed by atoms with Crippen molar-refractivity contribution in [2.75, 3.05) is 13.2 Å². The smallest absolute Gasteiger partial charge is 0.416 e. The van der Waals surface area contributed by atoms with Crippen molar-refractivity contribution in [2.45, 2.75) is 96.5 Å². The van der Waals surface area contributed by atoms with Crippen molar-refractivity contribution in [3.63, 3.8) is 0 Å². The lowest BCUT2D eigenvalue weighted by Gasteiger charge is -2.38. The van der Waals surface area contributed by atoms with Crippen LogP contribution < -0.4 is 4.74 Å². The van der Waals surface area contributed by atoms with Gasteiger partial charge in [-0.3, -0.25) is 0 Å². The largest absolute Gasteiger partial charge is 0.488 e. The van der Waals surface area contributed by atoms with Gasteiger partial charge in [0.2, 0.25) is 0 Å². The molecule has 0 radical (unpaired) electrons. The van der Waals surface area contributed by atoms with E-state index in [0.29, 0.717) is 19.6 Å². The third-order valence-corrected chi connectivity index (χ3v) is 15.6. The predicted molar refractivity (Wildman–Crippen MR) is 127 cm³/mol. The van der Waals surface area contributed by atoms with Crippen LogP contribution in [0.3, 0.4) is 0 Å². The Kier molecular flexibility index (Phi) is 9.07. The summed E-state index contributed by atoms with van der Waals surface area (Å²) in [6, 6.07) is 5.03. The first-order chi connectivity index (χ1) is 13.8. The summed E-state index contributed by atoms with van der Waals surface area (Å²) in [5, 5.41) is 0.118. The molecule has 1 atom stereocenters. The van der Waals surface area contributed by atoms with Crippen molar-refractivity contribution in [1.29, 1.82) is 0 Å². The van der Waals surface area contributed by atoms with E-state index in [1.807, 2.05) is 0 Å². The van der Waals surface area contributed by atoms with E-state index in [0.717, 1.165) is 12.1 Å². The van der Waals surface area contributed by atoms with Crippen molar-refractivity contribution in [2.24, 2.45) is 0 Å². The molecule has 0 saturated heterocycles. The van der Waals surface area contributed by atoms with Gasteiger partial charge < -0.3 is 13.6 Å². The summed E-state index contributed by atoms with van der Waals surface area (Å²) in [6.45, 7) is 22.5. The van der Waals surface area contributed by atoms with Gasteiger partial charge in [-0.1, -0.05) is 47.6 Å². The summed E-state index contributed by atoms with van der Waals surface area (Å²) in [5.74, 6) is 0.200. The topological polar surface area (TPSA) is 27.7 Å². The van der Waals surface area contributed by atoms with Crippen LogP contribution in [0.25, 0.3) is 0 Å². The molecule has 8 heteroatoms. The highest BCUT2D eigenvalue weighted by Gasteiger charge is 2.39. The molecule has 31 heavy (non-hydrogen) atoms. The summed E-state index contributed by atoms with van der Waals surface area (Å²) in [7, 11) is -3.95. The normalized spacial score (nSPS) is 15.1. The second-order valence-corrected chi connectivity index (χ2v) is 20.9. The van der Waals surface area contributed by atoms with Gasteiger partial charge in [0.25, 0.3) is 0 Å². The monoisotopic (exact) mass is 478 g/mol. The quantitative estimate of drug-likeness (QED) is 0.338. The molecule has 0 amide bonds. The number of hydrogen-bond donors (Lipinski definition) is 0. The highest BCUT2D eigenvalue weighted by molar-refractivity contribution is 6.74. The number of halogens is 3. The molecule has 1 unspecified atom stereocenters. The molecular formula is C23H41F3O3Si2. The van der Waals surface area contributed by atoms with Crippen molar-refractivity contribution < 1.29 is 26.8 Å². The van der Waals surface area contributed by atoms with Gasteiger partial charge in [0, 0.05) is 13.0 Å². The highest BCUT2D eigenvalue weighted by Crippen LogP contribution is 2.38. The fourth-order valence-corrected chi connectivity index (χ4v) is 4.39. The average Bonchev–Trinajstić information content (AvgIpc) is 2.57. The molecule has 1 rings (SSSR count). The molecule has 3 nitrogen and oxygen atoms in total. The molecule has 0 aliphatic heterocycles. The third kappa shape index (κ3) is 8.55. The standard InChI is InChI=1S/C23H41F3O3Si2/c1-21(2,3)30(7,8)27-15-14-20(17-28-31(9,10)22(4,5)6)29-19-13-11-12-18(16-19)23(24,25)26/h11-13,16,20H,14-15,17H2,1-10H3. The fraction of sp³-hybridized carbons (Fsp3) is 0.739. The molecule has 0 aliphatic carbocycles. The number of benzene rings is 1. The van der Waals surface area contributed by atoms with Crippen LogP contribution in [0.4, 0.5) is 13.2 Å². The van der Waals surface area contributed by atoms with Crippen molar-refractivity contribution in [3.05, 3.63) is 29.8 Å². The summed E-state index contributed by atoms with van der Waals surface area (Å²) in [5.41, 5.74) is -0.716. The number of ether oxygens (including phenoxy) is 1. The Labute approximate surface area is 188 Å². The van der Waals surface area contributed by atoms with Crippen LogP contribution in [-0.4, -0.2) is 36.0 Å². The van der Waals surface area contributed by atoms with E-state index < -0.39 is 28.4 Å². The van der Waals surface area contributed by atoms with E-state index in [1.54, 1.807) is 6.07 Å². The predicted octanol–water partition coefficient (Wildman–Crippen LogP) is 7.89. The van der Waals surface area contributed by atoms with Crippen molar-refractivity contribution in [3.8, 4) is 5.75 Å². The first-order valence-electron chi connectivity index (χ1n) is 10.9. The molecule has 180 valence electrons. The lowest BCUT2D eigenvalue weighted by atomic mass is 10.2. The molecule has 0 bridgehead atoms. The number of rotatable bonds is 9. The Bertz CT molecular complexity index is 705. The molecule has 0 fully saturated rings. The Morgan fingerprint density at radius 3 is 1.84 bits per heavy atom. The maximum absolute atomic E-state index is 13.1. The van der Waals surface area contributed by atoms with Crippen LogP contribution >= 0.6 is 0 Å². The van der Waals surface area contributed by atoms with Gasteiger partial charge in [0.05, 0.1) is 12.2 Å². The summed E-state index contributed by atoms with van der Waals surface area (Å²) >= 11 is 0. The number of alkyl halides is 3. The Hall–Kier alpha value is -0.836. The lowest BCUT2D eigenvalue weighted by molar-refractivity contribution is -0.137. The van der Waals surface area contributed by atoms with Gasteiger partial charge in [0.1, 0.15) is 11.9 Å². The molecule has 0 aromatic heterocycles. The van der Waals surface area contributed by atoms with Crippen LogP contribution in [0.2, 0.25) is 36.3 Å². The summed E-state index contributed by atoms with van der Waals surface area (Å²) in [6.07, 6.45) is -4.24. The zero-order chi connectivity index (χ0) is 24.3. The summed E-state index contributed by atoms with van der Waals surface area (Å²) in [4.78, 5) is 0. The maximum atomic E-state index is 13.1. The van der Waals surface area contributed by atoms with Crippen LogP contribution in [0, 0.1) is 0 Å². The van der Waals surface area contributed by atoms with Gasteiger partial charge >= 0.3 is 6.18 Å². The molecule has 0 saturated carbocycles. The lowest BCUT2D eigenvalue weighted by Crippen LogP contribution is -2.44. The van der Waals surface area contributed by atoms with E-state index in [2.05, 4.69) is 67.7 Å². The van der Waals surface area contributed by atoms with Gasteiger partial charge in [-0.05, 0) is 54.5 Å². The minimum Gasteiger partial charge on any atom is -0.488 e. The van der Waals surface area contributed by atoms with Gasteiger partial charge in [-0.15, -0.1) is 0 Å². The third-order valence-electron chi connectivity index (χ3n) is 6.61. The molecule has 0 aliphatic rings. The minimum absolute atomic E-state index is 0.0331. The Morgan fingerprint density at radius 1 is 0.839 bits per heavy atom. The average molecular weight is 479 g/mol. The number of hydrogen-bond acceptors (Lipinski definition) is 3. The molecule has 1 aromatic rings. The van der Waals surface area contributed by atoms with Crippen LogP contribution in [0.1, 0.15) is 53.5 Å². The maximum Gasteiger partial charge on any atom is 0.416 e. The minimum atomic E-state index is -4.40. The van der Waals surface area contributed by atoms with E-state index >= 15 is 0 Å². The second kappa shape index (κ2) is 9.97. The van der Waals surface area contributed by atoms with Crippen LogP contribution in [-0.2, 0) is 15.0 Å². The zero-order valence-corrected chi connectivity index (χ0v) is 22.9. The second-order valence-electron chi connectivity index (χ2n) is 11.2. The molecule has 0 heterocycles.